The Morgan fingerprint density at radius 1 is 1.28 bits per heavy atom. The van der Waals surface area contributed by atoms with Crippen molar-refractivity contribution < 1.29 is 4.79 Å². The Balaban J connectivity index is 2.54. The molecule has 0 radical (unpaired) electrons. The highest BCUT2D eigenvalue weighted by molar-refractivity contribution is 5.78. The smallest absolute Gasteiger partial charge is 0.236 e. The number of amides is 1. The molecule has 0 spiro atoms. The summed E-state index contributed by atoms with van der Waals surface area (Å²) in [7, 11) is 0. The van der Waals surface area contributed by atoms with Crippen molar-refractivity contribution >= 4 is 5.91 Å². The lowest BCUT2D eigenvalue weighted by atomic mass is 10.0. The van der Waals surface area contributed by atoms with Crippen LogP contribution < -0.4 is 5.32 Å². The topological polar surface area (TPSA) is 32.3 Å². The quantitative estimate of drug-likeness (QED) is 0.839. The molecule has 1 rings (SSSR count). The van der Waals surface area contributed by atoms with Gasteiger partial charge in [-0.05, 0) is 38.8 Å². The lowest BCUT2D eigenvalue weighted by Crippen LogP contribution is -2.38. The minimum absolute atomic E-state index is 0.167. The van der Waals surface area contributed by atoms with Crippen LogP contribution in [0.5, 0.6) is 0 Å². The molecule has 0 aliphatic carbocycles. The Bertz CT molecular complexity index is 386. The number of likely N-dealkylation sites (N-methyl/N-ethyl adjacent to an activating group) is 1. The number of hydrogen-bond donors (Lipinski definition) is 1. The van der Waals surface area contributed by atoms with Crippen LogP contribution in [0.3, 0.4) is 0 Å². The van der Waals surface area contributed by atoms with E-state index in [0.29, 0.717) is 6.54 Å². The number of aryl methyl sites for hydroxylation is 1. The van der Waals surface area contributed by atoms with Gasteiger partial charge in [-0.15, -0.1) is 0 Å². The second-order valence-corrected chi connectivity index (χ2v) is 4.53. The van der Waals surface area contributed by atoms with Crippen molar-refractivity contribution in [2.75, 3.05) is 19.6 Å². The molecule has 0 aliphatic rings. The standard InChI is InChI=1S/C15H24N2O/c1-5-17(6-2)15(18)11-16-13(4)14-10-8-7-9-12(14)3/h7-10,13,16H,5-6,11H2,1-4H3/t13-/m1/s1. The summed E-state index contributed by atoms with van der Waals surface area (Å²) in [5, 5.41) is 3.30. The van der Waals surface area contributed by atoms with Crippen LogP contribution in [0.1, 0.15) is 37.9 Å². The molecule has 0 saturated carbocycles. The van der Waals surface area contributed by atoms with Crippen LogP contribution >= 0.6 is 0 Å². The molecule has 3 heteroatoms. The van der Waals surface area contributed by atoms with E-state index in [2.05, 4.69) is 31.3 Å². The molecule has 3 nitrogen and oxygen atoms in total. The predicted molar refractivity (Wildman–Crippen MR) is 75.5 cm³/mol. The molecule has 18 heavy (non-hydrogen) atoms. The molecule has 0 bridgehead atoms. The van der Waals surface area contributed by atoms with Gasteiger partial charge in [0.25, 0.3) is 0 Å². The van der Waals surface area contributed by atoms with Gasteiger partial charge in [0.1, 0.15) is 0 Å². The SMILES string of the molecule is CCN(CC)C(=O)CN[C@H](C)c1ccccc1C. The second-order valence-electron chi connectivity index (χ2n) is 4.53. The summed E-state index contributed by atoms with van der Waals surface area (Å²) >= 11 is 0. The third kappa shape index (κ3) is 3.84. The molecule has 0 saturated heterocycles. The summed E-state index contributed by atoms with van der Waals surface area (Å²) in [6, 6.07) is 8.47. The Hall–Kier alpha value is -1.35. The maximum absolute atomic E-state index is 11.9. The van der Waals surface area contributed by atoms with Crippen molar-refractivity contribution in [1.29, 1.82) is 0 Å². The number of nitrogens with zero attached hydrogens (tertiary/aromatic N) is 1. The van der Waals surface area contributed by atoms with Crippen LogP contribution in [0, 0.1) is 6.92 Å². The number of benzene rings is 1. The van der Waals surface area contributed by atoms with Crippen molar-refractivity contribution in [3.05, 3.63) is 35.4 Å². The van der Waals surface area contributed by atoms with Gasteiger partial charge in [0.05, 0.1) is 6.54 Å². The van der Waals surface area contributed by atoms with E-state index < -0.39 is 0 Å². The molecular formula is C15H24N2O. The average molecular weight is 248 g/mol. The molecule has 100 valence electrons. The molecule has 1 amide bonds. The van der Waals surface area contributed by atoms with E-state index in [-0.39, 0.29) is 11.9 Å². The van der Waals surface area contributed by atoms with Gasteiger partial charge in [-0.25, -0.2) is 0 Å². The molecule has 1 N–H and O–H groups in total. The molecule has 0 heterocycles. The Kier molecular flexibility index (Phi) is 5.86. The van der Waals surface area contributed by atoms with E-state index in [4.69, 9.17) is 0 Å². The highest BCUT2D eigenvalue weighted by Crippen LogP contribution is 2.16. The van der Waals surface area contributed by atoms with Gasteiger partial charge in [0.2, 0.25) is 5.91 Å². The fourth-order valence-electron chi connectivity index (χ4n) is 2.11. The Labute approximate surface area is 110 Å². The number of rotatable bonds is 6. The molecule has 1 aromatic carbocycles. The molecule has 0 unspecified atom stereocenters. The van der Waals surface area contributed by atoms with Gasteiger partial charge in [0, 0.05) is 19.1 Å². The van der Waals surface area contributed by atoms with Gasteiger partial charge >= 0.3 is 0 Å². The van der Waals surface area contributed by atoms with Gasteiger partial charge in [0.15, 0.2) is 0 Å². The number of hydrogen-bond acceptors (Lipinski definition) is 2. The van der Waals surface area contributed by atoms with E-state index >= 15 is 0 Å². The molecule has 0 aromatic heterocycles. The second kappa shape index (κ2) is 7.17. The minimum atomic E-state index is 0.167. The fourth-order valence-corrected chi connectivity index (χ4v) is 2.11. The van der Waals surface area contributed by atoms with E-state index in [0.717, 1.165) is 13.1 Å². The lowest BCUT2D eigenvalue weighted by Gasteiger charge is -2.21. The summed E-state index contributed by atoms with van der Waals surface area (Å²) in [5.74, 6) is 0.167. The third-order valence-electron chi connectivity index (χ3n) is 3.33. The van der Waals surface area contributed by atoms with Crippen LogP contribution in [0.2, 0.25) is 0 Å². The van der Waals surface area contributed by atoms with Gasteiger partial charge < -0.3 is 10.2 Å². The van der Waals surface area contributed by atoms with Gasteiger partial charge in [-0.2, -0.15) is 0 Å². The van der Waals surface area contributed by atoms with Gasteiger partial charge in [-0.3, -0.25) is 4.79 Å². The van der Waals surface area contributed by atoms with Crippen LogP contribution in [0.4, 0.5) is 0 Å². The van der Waals surface area contributed by atoms with Crippen molar-refractivity contribution in [3.63, 3.8) is 0 Å². The van der Waals surface area contributed by atoms with E-state index in [1.54, 1.807) is 0 Å². The lowest BCUT2D eigenvalue weighted by molar-refractivity contribution is -0.129. The monoisotopic (exact) mass is 248 g/mol. The molecular weight excluding hydrogens is 224 g/mol. The van der Waals surface area contributed by atoms with Crippen molar-refractivity contribution in [1.82, 2.24) is 10.2 Å². The van der Waals surface area contributed by atoms with E-state index in [1.165, 1.54) is 11.1 Å². The zero-order valence-corrected chi connectivity index (χ0v) is 11.9. The summed E-state index contributed by atoms with van der Waals surface area (Å²) in [6.45, 7) is 10.2. The largest absolute Gasteiger partial charge is 0.342 e. The maximum Gasteiger partial charge on any atom is 0.236 e. The summed E-state index contributed by atoms with van der Waals surface area (Å²) in [4.78, 5) is 13.7. The number of carbonyl (C=O) groups is 1. The highest BCUT2D eigenvalue weighted by Gasteiger charge is 2.12. The van der Waals surface area contributed by atoms with Crippen LogP contribution in [0.25, 0.3) is 0 Å². The van der Waals surface area contributed by atoms with E-state index in [9.17, 15) is 4.79 Å². The van der Waals surface area contributed by atoms with Crippen LogP contribution in [-0.4, -0.2) is 30.4 Å². The number of nitrogens with one attached hydrogen (secondary N) is 1. The Morgan fingerprint density at radius 2 is 1.89 bits per heavy atom. The minimum Gasteiger partial charge on any atom is -0.342 e. The van der Waals surface area contributed by atoms with Gasteiger partial charge in [-0.1, -0.05) is 24.3 Å². The predicted octanol–water partition coefficient (Wildman–Crippen LogP) is 2.51. The Morgan fingerprint density at radius 3 is 2.44 bits per heavy atom. The normalized spacial score (nSPS) is 12.2. The van der Waals surface area contributed by atoms with Crippen LogP contribution in [-0.2, 0) is 4.79 Å². The summed E-state index contributed by atoms with van der Waals surface area (Å²) < 4.78 is 0. The molecule has 1 atom stereocenters. The number of carbonyl (C=O) groups excluding carboxylic acids is 1. The molecule has 1 aromatic rings. The van der Waals surface area contributed by atoms with Crippen LogP contribution in [0.15, 0.2) is 24.3 Å². The zero-order valence-electron chi connectivity index (χ0n) is 11.9. The summed E-state index contributed by atoms with van der Waals surface area (Å²) in [6.07, 6.45) is 0. The molecule has 0 aliphatic heterocycles. The maximum atomic E-state index is 11.9. The van der Waals surface area contributed by atoms with Crippen molar-refractivity contribution in [2.24, 2.45) is 0 Å². The highest BCUT2D eigenvalue weighted by atomic mass is 16.2. The average Bonchev–Trinajstić information content (AvgIpc) is 2.38. The van der Waals surface area contributed by atoms with E-state index in [1.807, 2.05) is 30.9 Å². The van der Waals surface area contributed by atoms with Crippen molar-refractivity contribution in [2.45, 2.75) is 33.7 Å². The summed E-state index contributed by atoms with van der Waals surface area (Å²) in [5.41, 5.74) is 2.51. The fraction of sp³-hybridized carbons (Fsp3) is 0.533. The molecule has 0 fully saturated rings. The zero-order chi connectivity index (χ0) is 13.5. The first kappa shape index (κ1) is 14.7. The first-order chi connectivity index (χ1) is 8.60. The first-order valence-corrected chi connectivity index (χ1v) is 6.66. The van der Waals surface area contributed by atoms with Crippen molar-refractivity contribution in [3.8, 4) is 0 Å². The third-order valence-corrected chi connectivity index (χ3v) is 3.33. The first-order valence-electron chi connectivity index (χ1n) is 6.66.